The number of esters is 1. The van der Waals surface area contributed by atoms with E-state index in [-0.39, 0.29) is 17.7 Å². The van der Waals surface area contributed by atoms with Gasteiger partial charge in [0.1, 0.15) is 0 Å². The van der Waals surface area contributed by atoms with Crippen molar-refractivity contribution in [2.75, 3.05) is 5.32 Å². The zero-order valence-electron chi connectivity index (χ0n) is 13.2. The first kappa shape index (κ1) is 17.2. The Morgan fingerprint density at radius 1 is 1.30 bits per heavy atom. The van der Waals surface area contributed by atoms with Crippen molar-refractivity contribution >= 4 is 33.5 Å². The van der Waals surface area contributed by atoms with Gasteiger partial charge in [0.15, 0.2) is 5.69 Å². The number of rotatable bonds is 5. The van der Waals surface area contributed by atoms with Crippen molar-refractivity contribution in [3.63, 3.8) is 0 Å². The topological polar surface area (TPSA) is 73.2 Å². The molecule has 1 aromatic carbocycles. The summed E-state index contributed by atoms with van der Waals surface area (Å²) in [6, 6.07) is 6.93. The fraction of sp³-hybridized carbons (Fsp3) is 0.312. The molecule has 0 radical (unpaired) electrons. The van der Waals surface area contributed by atoms with Gasteiger partial charge in [0.2, 0.25) is 0 Å². The molecule has 1 N–H and O–H groups in total. The molecule has 0 aliphatic carbocycles. The third-order valence-corrected chi connectivity index (χ3v) is 3.51. The SMILES string of the molecule is CCn1cc(NC(=O)c2ccc(Br)cc2)c(C(=O)OC(C)C)n1. The Morgan fingerprint density at radius 2 is 1.96 bits per heavy atom. The van der Waals surface area contributed by atoms with Crippen LogP contribution in [0.1, 0.15) is 41.6 Å². The Kier molecular flexibility index (Phi) is 5.54. The summed E-state index contributed by atoms with van der Waals surface area (Å²) in [6.07, 6.45) is 1.36. The number of carbonyl (C=O) groups excluding carboxylic acids is 2. The van der Waals surface area contributed by atoms with Crippen molar-refractivity contribution < 1.29 is 14.3 Å². The highest BCUT2D eigenvalue weighted by Gasteiger charge is 2.21. The number of anilines is 1. The highest BCUT2D eigenvalue weighted by Crippen LogP contribution is 2.18. The molecule has 0 fully saturated rings. The van der Waals surface area contributed by atoms with Crippen molar-refractivity contribution in [3.05, 3.63) is 46.2 Å². The third-order valence-electron chi connectivity index (χ3n) is 2.98. The van der Waals surface area contributed by atoms with Crippen LogP contribution in [-0.2, 0) is 11.3 Å². The fourth-order valence-electron chi connectivity index (χ4n) is 1.89. The monoisotopic (exact) mass is 379 g/mol. The summed E-state index contributed by atoms with van der Waals surface area (Å²) in [6.45, 7) is 5.99. The number of carbonyl (C=O) groups is 2. The number of benzene rings is 1. The minimum Gasteiger partial charge on any atom is -0.458 e. The number of halogens is 1. The van der Waals surface area contributed by atoms with Crippen molar-refractivity contribution in [3.8, 4) is 0 Å². The van der Waals surface area contributed by atoms with Crippen LogP contribution in [0, 0.1) is 0 Å². The molecule has 1 aromatic heterocycles. The Morgan fingerprint density at radius 3 is 2.52 bits per heavy atom. The van der Waals surface area contributed by atoms with E-state index in [1.54, 1.807) is 49.0 Å². The lowest BCUT2D eigenvalue weighted by atomic mass is 10.2. The van der Waals surface area contributed by atoms with Crippen LogP contribution in [0.5, 0.6) is 0 Å². The van der Waals surface area contributed by atoms with Gasteiger partial charge in [-0.15, -0.1) is 0 Å². The Bertz CT molecular complexity index is 708. The molecule has 0 aliphatic heterocycles. The van der Waals surface area contributed by atoms with E-state index >= 15 is 0 Å². The molecular weight excluding hydrogens is 362 g/mol. The summed E-state index contributed by atoms with van der Waals surface area (Å²) in [7, 11) is 0. The van der Waals surface area contributed by atoms with E-state index in [0.717, 1.165) is 4.47 Å². The molecular formula is C16H18BrN3O3. The van der Waals surface area contributed by atoms with Gasteiger partial charge in [-0.25, -0.2) is 4.79 Å². The van der Waals surface area contributed by atoms with Gasteiger partial charge in [-0.05, 0) is 45.0 Å². The average molecular weight is 380 g/mol. The summed E-state index contributed by atoms with van der Waals surface area (Å²) >= 11 is 3.32. The van der Waals surface area contributed by atoms with E-state index < -0.39 is 5.97 Å². The molecule has 1 heterocycles. The van der Waals surface area contributed by atoms with E-state index in [0.29, 0.717) is 17.8 Å². The fourth-order valence-corrected chi connectivity index (χ4v) is 2.16. The Balaban J connectivity index is 2.24. The smallest absolute Gasteiger partial charge is 0.361 e. The standard InChI is InChI=1S/C16H18BrN3O3/c1-4-20-9-13(14(19-20)16(22)23-10(2)3)18-15(21)11-5-7-12(17)8-6-11/h5-10H,4H2,1-3H3,(H,18,21). The number of aryl methyl sites for hydroxylation is 1. The van der Waals surface area contributed by atoms with E-state index in [9.17, 15) is 9.59 Å². The molecule has 6 nitrogen and oxygen atoms in total. The van der Waals surface area contributed by atoms with Crippen LogP contribution in [0.15, 0.2) is 34.9 Å². The summed E-state index contributed by atoms with van der Waals surface area (Å²) in [4.78, 5) is 24.4. The molecule has 2 aromatic rings. The van der Waals surface area contributed by atoms with Crippen LogP contribution in [0.4, 0.5) is 5.69 Å². The van der Waals surface area contributed by atoms with Gasteiger partial charge in [-0.1, -0.05) is 15.9 Å². The largest absolute Gasteiger partial charge is 0.458 e. The molecule has 23 heavy (non-hydrogen) atoms. The van der Waals surface area contributed by atoms with Gasteiger partial charge >= 0.3 is 5.97 Å². The van der Waals surface area contributed by atoms with Gasteiger partial charge < -0.3 is 10.1 Å². The molecule has 0 saturated carbocycles. The molecule has 7 heteroatoms. The molecule has 0 saturated heterocycles. The second kappa shape index (κ2) is 7.41. The van der Waals surface area contributed by atoms with Crippen molar-refractivity contribution in [2.45, 2.75) is 33.4 Å². The lowest BCUT2D eigenvalue weighted by Gasteiger charge is -2.08. The van der Waals surface area contributed by atoms with Gasteiger partial charge in [0, 0.05) is 22.8 Å². The first-order chi connectivity index (χ1) is 10.9. The summed E-state index contributed by atoms with van der Waals surface area (Å²) < 4.78 is 7.63. The van der Waals surface area contributed by atoms with Crippen molar-refractivity contribution in [1.82, 2.24) is 9.78 Å². The normalized spacial score (nSPS) is 10.7. The van der Waals surface area contributed by atoms with Crippen molar-refractivity contribution in [1.29, 1.82) is 0 Å². The third kappa shape index (κ3) is 4.41. The molecule has 2 rings (SSSR count). The summed E-state index contributed by atoms with van der Waals surface area (Å²) in [5, 5.41) is 6.88. The molecule has 0 bridgehead atoms. The van der Waals surface area contributed by atoms with Gasteiger partial charge in [0.05, 0.1) is 11.8 Å². The molecule has 0 atom stereocenters. The second-order valence-electron chi connectivity index (χ2n) is 5.16. The zero-order chi connectivity index (χ0) is 17.0. The molecule has 122 valence electrons. The summed E-state index contributed by atoms with van der Waals surface area (Å²) in [5.74, 6) is -0.870. The number of hydrogen-bond donors (Lipinski definition) is 1. The number of ether oxygens (including phenoxy) is 1. The van der Waals surface area contributed by atoms with Gasteiger partial charge in [-0.2, -0.15) is 5.10 Å². The maximum atomic E-state index is 12.3. The lowest BCUT2D eigenvalue weighted by molar-refractivity contribution is 0.0371. The Labute approximate surface area is 143 Å². The van der Waals surface area contributed by atoms with Crippen LogP contribution < -0.4 is 5.32 Å². The molecule has 0 unspecified atom stereocenters. The summed E-state index contributed by atoms with van der Waals surface area (Å²) in [5.41, 5.74) is 0.928. The van der Waals surface area contributed by atoms with E-state index in [1.807, 2.05) is 6.92 Å². The number of amides is 1. The lowest BCUT2D eigenvalue weighted by Crippen LogP contribution is -2.17. The van der Waals surface area contributed by atoms with Gasteiger partial charge in [-0.3, -0.25) is 9.48 Å². The number of nitrogens with one attached hydrogen (secondary N) is 1. The first-order valence-corrected chi connectivity index (χ1v) is 8.05. The molecule has 1 amide bonds. The minimum atomic E-state index is -0.557. The van der Waals surface area contributed by atoms with Crippen LogP contribution in [0.3, 0.4) is 0 Å². The number of nitrogens with zero attached hydrogens (tertiary/aromatic N) is 2. The van der Waals surface area contributed by atoms with Crippen LogP contribution in [-0.4, -0.2) is 27.8 Å². The minimum absolute atomic E-state index is 0.103. The highest BCUT2D eigenvalue weighted by molar-refractivity contribution is 9.10. The predicted octanol–water partition coefficient (Wildman–Crippen LogP) is 3.48. The first-order valence-electron chi connectivity index (χ1n) is 7.26. The maximum absolute atomic E-state index is 12.3. The quantitative estimate of drug-likeness (QED) is 0.806. The van der Waals surface area contributed by atoms with E-state index in [4.69, 9.17) is 4.74 Å². The highest BCUT2D eigenvalue weighted by atomic mass is 79.9. The molecule has 0 aliphatic rings. The number of aromatic nitrogens is 2. The number of hydrogen-bond acceptors (Lipinski definition) is 4. The Hall–Kier alpha value is -2.15. The van der Waals surface area contributed by atoms with Crippen LogP contribution >= 0.6 is 15.9 Å². The van der Waals surface area contributed by atoms with E-state index in [1.165, 1.54) is 0 Å². The van der Waals surface area contributed by atoms with Crippen LogP contribution in [0.25, 0.3) is 0 Å². The zero-order valence-corrected chi connectivity index (χ0v) is 14.8. The predicted molar refractivity (Wildman–Crippen MR) is 90.5 cm³/mol. The maximum Gasteiger partial charge on any atom is 0.361 e. The van der Waals surface area contributed by atoms with Crippen LogP contribution in [0.2, 0.25) is 0 Å². The average Bonchev–Trinajstić information content (AvgIpc) is 2.90. The van der Waals surface area contributed by atoms with Crippen molar-refractivity contribution in [2.24, 2.45) is 0 Å². The second-order valence-corrected chi connectivity index (χ2v) is 6.08. The molecule has 0 spiro atoms. The van der Waals surface area contributed by atoms with E-state index in [2.05, 4.69) is 26.3 Å². The van der Waals surface area contributed by atoms with Gasteiger partial charge in [0.25, 0.3) is 5.91 Å².